The smallest absolute Gasteiger partial charge is 0.341 e. The zero-order chi connectivity index (χ0) is 15.6. The number of nitrogens with one attached hydrogen (secondary N) is 1. The third kappa shape index (κ3) is 3.13. The second kappa shape index (κ2) is 6.10. The molecule has 5 heteroatoms. The summed E-state index contributed by atoms with van der Waals surface area (Å²) in [6.07, 6.45) is 0. The van der Waals surface area contributed by atoms with Crippen LogP contribution in [0.5, 0.6) is 0 Å². The molecule has 0 bridgehead atoms. The van der Waals surface area contributed by atoms with Gasteiger partial charge in [0.1, 0.15) is 10.6 Å². The fourth-order valence-electron chi connectivity index (χ4n) is 2.16. The second-order valence-corrected chi connectivity index (χ2v) is 6.00. The number of aryl methyl sites for hydroxylation is 2. The molecule has 0 aliphatic heterocycles. The summed E-state index contributed by atoms with van der Waals surface area (Å²) in [5, 5.41) is 3.24. The summed E-state index contributed by atoms with van der Waals surface area (Å²) in [5.41, 5.74) is 3.31. The summed E-state index contributed by atoms with van der Waals surface area (Å²) in [7, 11) is 1.34. The Bertz CT molecular complexity index is 686. The lowest BCUT2D eigenvalue weighted by molar-refractivity contribution is -0.114. The average Bonchev–Trinajstić information content (AvgIpc) is 2.74. The lowest BCUT2D eigenvalue weighted by Gasteiger charge is -2.07. The van der Waals surface area contributed by atoms with Crippen molar-refractivity contribution in [3.8, 4) is 11.1 Å². The molecule has 0 atom stereocenters. The predicted octanol–water partition coefficient (Wildman–Crippen LogP) is 3.78. The van der Waals surface area contributed by atoms with E-state index >= 15 is 0 Å². The van der Waals surface area contributed by atoms with E-state index in [1.54, 1.807) is 0 Å². The van der Waals surface area contributed by atoms with Gasteiger partial charge in [0.2, 0.25) is 5.91 Å². The Labute approximate surface area is 127 Å². The van der Waals surface area contributed by atoms with E-state index < -0.39 is 5.97 Å². The standard InChI is InChI=1S/C16H17NO3S/c1-9-5-7-12(8-6-9)13-10(2)21-15(17-11(3)18)14(13)16(19)20-4/h5-8H,1-4H3,(H,17,18). The van der Waals surface area contributed by atoms with Crippen molar-refractivity contribution in [3.63, 3.8) is 0 Å². The Morgan fingerprint density at radius 1 is 1.14 bits per heavy atom. The minimum Gasteiger partial charge on any atom is -0.465 e. The Hall–Kier alpha value is -2.14. The molecule has 1 heterocycles. The molecular formula is C16H17NO3S. The number of thiophene rings is 1. The third-order valence-corrected chi connectivity index (χ3v) is 4.12. The van der Waals surface area contributed by atoms with Crippen LogP contribution in [-0.4, -0.2) is 19.0 Å². The Morgan fingerprint density at radius 2 is 1.76 bits per heavy atom. The van der Waals surface area contributed by atoms with Crippen molar-refractivity contribution in [2.24, 2.45) is 0 Å². The van der Waals surface area contributed by atoms with E-state index in [2.05, 4.69) is 5.32 Å². The van der Waals surface area contributed by atoms with Gasteiger partial charge in [-0.05, 0) is 19.4 Å². The van der Waals surface area contributed by atoms with E-state index in [4.69, 9.17) is 4.74 Å². The third-order valence-electron chi connectivity index (χ3n) is 3.10. The summed E-state index contributed by atoms with van der Waals surface area (Å²) >= 11 is 1.38. The highest BCUT2D eigenvalue weighted by atomic mass is 32.1. The summed E-state index contributed by atoms with van der Waals surface area (Å²) in [5.74, 6) is -0.657. The number of ether oxygens (including phenoxy) is 1. The maximum Gasteiger partial charge on any atom is 0.341 e. The van der Waals surface area contributed by atoms with E-state index in [1.807, 2.05) is 38.1 Å². The fraction of sp³-hybridized carbons (Fsp3) is 0.250. The number of anilines is 1. The van der Waals surface area contributed by atoms with Gasteiger partial charge in [0.05, 0.1) is 7.11 Å². The number of esters is 1. The van der Waals surface area contributed by atoms with Crippen LogP contribution in [0.4, 0.5) is 5.00 Å². The van der Waals surface area contributed by atoms with Crippen molar-refractivity contribution < 1.29 is 14.3 Å². The SMILES string of the molecule is COC(=O)c1c(NC(C)=O)sc(C)c1-c1ccc(C)cc1. The van der Waals surface area contributed by atoms with Crippen LogP contribution in [-0.2, 0) is 9.53 Å². The molecule has 0 spiro atoms. The monoisotopic (exact) mass is 303 g/mol. The lowest BCUT2D eigenvalue weighted by Crippen LogP contribution is -2.10. The van der Waals surface area contributed by atoms with Gasteiger partial charge in [-0.15, -0.1) is 11.3 Å². The van der Waals surface area contributed by atoms with Crippen LogP contribution in [0.3, 0.4) is 0 Å². The topological polar surface area (TPSA) is 55.4 Å². The minimum absolute atomic E-state index is 0.211. The number of amides is 1. The minimum atomic E-state index is -0.446. The van der Waals surface area contributed by atoms with Crippen LogP contribution >= 0.6 is 11.3 Å². The lowest BCUT2D eigenvalue weighted by atomic mass is 10.0. The zero-order valence-corrected chi connectivity index (χ0v) is 13.3. The highest BCUT2D eigenvalue weighted by Gasteiger charge is 2.24. The molecule has 1 amide bonds. The molecule has 0 saturated heterocycles. The van der Waals surface area contributed by atoms with E-state index in [0.29, 0.717) is 10.6 Å². The first kappa shape index (κ1) is 15.3. The number of hydrogen-bond donors (Lipinski definition) is 1. The number of rotatable bonds is 3. The van der Waals surface area contributed by atoms with Crippen molar-refractivity contribution in [2.75, 3.05) is 12.4 Å². The van der Waals surface area contributed by atoms with Crippen LogP contribution < -0.4 is 5.32 Å². The molecular weight excluding hydrogens is 286 g/mol. The predicted molar refractivity (Wildman–Crippen MR) is 84.9 cm³/mol. The van der Waals surface area contributed by atoms with Gasteiger partial charge in [-0.2, -0.15) is 0 Å². The molecule has 0 aliphatic carbocycles. The summed E-state index contributed by atoms with van der Waals surface area (Å²) < 4.78 is 4.87. The number of carbonyl (C=O) groups is 2. The van der Waals surface area contributed by atoms with Gasteiger partial charge in [0.15, 0.2) is 0 Å². The van der Waals surface area contributed by atoms with Gasteiger partial charge < -0.3 is 10.1 Å². The summed E-state index contributed by atoms with van der Waals surface area (Å²) in [6.45, 7) is 5.35. The van der Waals surface area contributed by atoms with Gasteiger partial charge in [-0.3, -0.25) is 4.79 Å². The number of methoxy groups -OCH3 is 1. The van der Waals surface area contributed by atoms with Crippen LogP contribution in [0.2, 0.25) is 0 Å². The highest BCUT2D eigenvalue weighted by Crippen LogP contribution is 2.40. The van der Waals surface area contributed by atoms with Crippen LogP contribution in [0.25, 0.3) is 11.1 Å². The van der Waals surface area contributed by atoms with E-state index in [0.717, 1.165) is 21.6 Å². The van der Waals surface area contributed by atoms with E-state index in [9.17, 15) is 9.59 Å². The number of benzene rings is 1. The maximum atomic E-state index is 12.1. The van der Waals surface area contributed by atoms with Gasteiger partial charge in [0.25, 0.3) is 0 Å². The van der Waals surface area contributed by atoms with Crippen LogP contribution in [0.15, 0.2) is 24.3 Å². The molecule has 1 aromatic heterocycles. The fourth-order valence-corrected chi connectivity index (χ4v) is 3.27. The molecule has 0 radical (unpaired) electrons. The molecule has 110 valence electrons. The van der Waals surface area contributed by atoms with Gasteiger partial charge >= 0.3 is 5.97 Å². The van der Waals surface area contributed by atoms with Crippen LogP contribution in [0, 0.1) is 13.8 Å². The van der Waals surface area contributed by atoms with Crippen molar-refractivity contribution in [3.05, 3.63) is 40.3 Å². The van der Waals surface area contributed by atoms with E-state index in [-0.39, 0.29) is 5.91 Å². The van der Waals surface area contributed by atoms with Crippen LogP contribution in [0.1, 0.15) is 27.7 Å². The van der Waals surface area contributed by atoms with Crippen molar-refractivity contribution in [1.29, 1.82) is 0 Å². The molecule has 0 fully saturated rings. The summed E-state index contributed by atoms with van der Waals surface area (Å²) in [6, 6.07) is 7.92. The molecule has 0 unspecified atom stereocenters. The Kier molecular flexibility index (Phi) is 4.43. The molecule has 21 heavy (non-hydrogen) atoms. The first-order valence-electron chi connectivity index (χ1n) is 6.50. The van der Waals surface area contributed by atoms with Crippen molar-refractivity contribution in [2.45, 2.75) is 20.8 Å². The van der Waals surface area contributed by atoms with Crippen molar-refractivity contribution >= 4 is 28.2 Å². The quantitative estimate of drug-likeness (QED) is 0.878. The molecule has 4 nitrogen and oxygen atoms in total. The molecule has 1 N–H and O–H groups in total. The molecule has 2 aromatic rings. The highest BCUT2D eigenvalue weighted by molar-refractivity contribution is 7.17. The van der Waals surface area contributed by atoms with Gasteiger partial charge in [-0.25, -0.2) is 4.79 Å². The molecule has 0 saturated carbocycles. The second-order valence-electron chi connectivity index (χ2n) is 4.78. The molecule has 1 aromatic carbocycles. The summed E-state index contributed by atoms with van der Waals surface area (Å²) in [4.78, 5) is 24.4. The normalized spacial score (nSPS) is 10.3. The largest absolute Gasteiger partial charge is 0.465 e. The Balaban J connectivity index is 2.63. The van der Waals surface area contributed by atoms with Gasteiger partial charge in [0, 0.05) is 17.4 Å². The van der Waals surface area contributed by atoms with Gasteiger partial charge in [-0.1, -0.05) is 29.8 Å². The van der Waals surface area contributed by atoms with E-state index in [1.165, 1.54) is 25.4 Å². The van der Waals surface area contributed by atoms with Crippen molar-refractivity contribution in [1.82, 2.24) is 0 Å². The zero-order valence-electron chi connectivity index (χ0n) is 12.4. The number of carbonyl (C=O) groups excluding carboxylic acids is 2. The maximum absolute atomic E-state index is 12.1. The molecule has 0 aliphatic rings. The Morgan fingerprint density at radius 3 is 2.29 bits per heavy atom. The average molecular weight is 303 g/mol. The first-order chi connectivity index (χ1) is 9.93. The first-order valence-corrected chi connectivity index (χ1v) is 7.32. The molecule has 2 rings (SSSR count). The number of hydrogen-bond acceptors (Lipinski definition) is 4.